The summed E-state index contributed by atoms with van der Waals surface area (Å²) in [6, 6.07) is 11.1. The zero-order valence-corrected chi connectivity index (χ0v) is 12.4. The van der Waals surface area contributed by atoms with Crippen LogP contribution in [0.3, 0.4) is 0 Å². The number of hydrogen-bond donors (Lipinski definition) is 1. The Morgan fingerprint density at radius 3 is 2.90 bits per heavy atom. The van der Waals surface area contributed by atoms with E-state index in [1.807, 2.05) is 0 Å². The molecule has 2 aromatic heterocycles. The molecule has 0 aliphatic carbocycles. The Morgan fingerprint density at radius 1 is 1.30 bits per heavy atom. The molecule has 4 heteroatoms. The zero-order valence-electron chi connectivity index (χ0n) is 11.6. The van der Waals surface area contributed by atoms with Gasteiger partial charge in [0.1, 0.15) is 0 Å². The lowest BCUT2D eigenvalue weighted by Gasteiger charge is -2.17. The maximum absolute atomic E-state index is 4.65. The Kier molecular flexibility index (Phi) is 4.14. The van der Waals surface area contributed by atoms with Crippen LogP contribution in [0, 0.1) is 0 Å². The van der Waals surface area contributed by atoms with Gasteiger partial charge in [-0.15, -0.1) is 11.3 Å². The summed E-state index contributed by atoms with van der Waals surface area (Å²) in [5.74, 6) is 0. The highest BCUT2D eigenvalue weighted by Gasteiger charge is 2.11. The molecular weight excluding hydrogens is 266 g/mol. The Labute approximate surface area is 123 Å². The van der Waals surface area contributed by atoms with Gasteiger partial charge in [0.25, 0.3) is 0 Å². The van der Waals surface area contributed by atoms with Crippen LogP contribution in [0.4, 0.5) is 0 Å². The fourth-order valence-corrected chi connectivity index (χ4v) is 3.23. The van der Waals surface area contributed by atoms with Crippen molar-refractivity contribution in [2.75, 3.05) is 6.54 Å². The van der Waals surface area contributed by atoms with E-state index in [0.29, 0.717) is 6.04 Å². The van der Waals surface area contributed by atoms with Crippen LogP contribution in [0.15, 0.2) is 48.1 Å². The standard InChI is InChI=1S/C16H19N3S/c1-2-17-15(13-6-4-3-5-7-13)9-8-14-12-19-10-11-20-16(19)18-14/h3-7,10-12,15,17H,2,8-9H2,1H3. The van der Waals surface area contributed by atoms with Gasteiger partial charge in [0.05, 0.1) is 5.69 Å². The molecule has 3 aromatic rings. The second-order valence-corrected chi connectivity index (χ2v) is 5.76. The highest BCUT2D eigenvalue weighted by molar-refractivity contribution is 7.15. The average Bonchev–Trinajstić information content (AvgIpc) is 3.05. The van der Waals surface area contributed by atoms with Gasteiger partial charge in [-0.05, 0) is 24.9 Å². The molecule has 3 rings (SSSR count). The minimum atomic E-state index is 0.404. The first-order valence-corrected chi connectivity index (χ1v) is 7.94. The number of benzene rings is 1. The fourth-order valence-electron chi connectivity index (χ4n) is 2.51. The predicted molar refractivity (Wildman–Crippen MR) is 84.2 cm³/mol. The van der Waals surface area contributed by atoms with Gasteiger partial charge in [-0.2, -0.15) is 0 Å². The van der Waals surface area contributed by atoms with Crippen molar-refractivity contribution >= 4 is 16.3 Å². The Hall–Kier alpha value is -1.65. The minimum Gasteiger partial charge on any atom is -0.310 e. The third kappa shape index (κ3) is 2.92. The largest absolute Gasteiger partial charge is 0.310 e. The number of hydrogen-bond acceptors (Lipinski definition) is 3. The quantitative estimate of drug-likeness (QED) is 0.748. The number of rotatable bonds is 6. The summed E-state index contributed by atoms with van der Waals surface area (Å²) in [5.41, 5.74) is 2.53. The molecule has 0 aliphatic rings. The van der Waals surface area contributed by atoms with Crippen molar-refractivity contribution in [1.82, 2.24) is 14.7 Å². The van der Waals surface area contributed by atoms with Crippen molar-refractivity contribution < 1.29 is 0 Å². The molecule has 2 heterocycles. The number of thiazole rings is 1. The van der Waals surface area contributed by atoms with Crippen LogP contribution >= 0.6 is 11.3 Å². The number of imidazole rings is 1. The molecule has 0 saturated heterocycles. The lowest BCUT2D eigenvalue weighted by molar-refractivity contribution is 0.513. The summed E-state index contributed by atoms with van der Waals surface area (Å²) < 4.78 is 2.10. The molecule has 20 heavy (non-hydrogen) atoms. The summed E-state index contributed by atoms with van der Waals surface area (Å²) in [7, 11) is 0. The SMILES string of the molecule is CCNC(CCc1cn2ccsc2n1)c1ccccc1. The van der Waals surface area contributed by atoms with Crippen LogP contribution in [-0.2, 0) is 6.42 Å². The first-order chi connectivity index (χ1) is 9.86. The first kappa shape index (κ1) is 13.3. The number of nitrogens with one attached hydrogen (secondary N) is 1. The van der Waals surface area contributed by atoms with Crippen molar-refractivity contribution in [3.63, 3.8) is 0 Å². The van der Waals surface area contributed by atoms with Gasteiger partial charge in [-0.25, -0.2) is 4.98 Å². The zero-order chi connectivity index (χ0) is 13.8. The molecule has 0 fully saturated rings. The first-order valence-electron chi connectivity index (χ1n) is 7.06. The van der Waals surface area contributed by atoms with Crippen LogP contribution in [0.25, 0.3) is 4.96 Å². The fraction of sp³-hybridized carbons (Fsp3) is 0.312. The second kappa shape index (κ2) is 6.20. The van der Waals surface area contributed by atoms with E-state index in [9.17, 15) is 0 Å². The molecule has 0 radical (unpaired) electrons. The molecule has 1 atom stereocenters. The summed E-state index contributed by atoms with van der Waals surface area (Å²) in [5, 5.41) is 5.63. The summed E-state index contributed by atoms with van der Waals surface area (Å²) >= 11 is 1.69. The van der Waals surface area contributed by atoms with E-state index in [1.54, 1.807) is 11.3 Å². The van der Waals surface area contributed by atoms with Gasteiger partial charge in [0.15, 0.2) is 4.96 Å². The minimum absolute atomic E-state index is 0.404. The predicted octanol–water partition coefficient (Wildman–Crippen LogP) is 3.68. The van der Waals surface area contributed by atoms with Gasteiger partial charge >= 0.3 is 0 Å². The van der Waals surface area contributed by atoms with Gasteiger partial charge in [-0.3, -0.25) is 4.40 Å². The molecule has 1 N–H and O–H groups in total. The normalized spacial score (nSPS) is 12.8. The molecule has 3 nitrogen and oxygen atoms in total. The van der Waals surface area contributed by atoms with Crippen LogP contribution in [0.2, 0.25) is 0 Å². The summed E-state index contributed by atoms with van der Waals surface area (Å²) in [6.07, 6.45) is 6.28. The van der Waals surface area contributed by atoms with Gasteiger partial charge in [0.2, 0.25) is 0 Å². The highest BCUT2D eigenvalue weighted by Crippen LogP contribution is 2.20. The molecule has 0 amide bonds. The van der Waals surface area contributed by atoms with Crippen molar-refractivity contribution in [2.24, 2.45) is 0 Å². The topological polar surface area (TPSA) is 29.3 Å². The van der Waals surface area contributed by atoms with E-state index in [4.69, 9.17) is 0 Å². The lowest BCUT2D eigenvalue weighted by atomic mass is 10.0. The van der Waals surface area contributed by atoms with Gasteiger partial charge in [0, 0.05) is 23.8 Å². The third-order valence-electron chi connectivity index (χ3n) is 3.48. The van der Waals surface area contributed by atoms with Crippen molar-refractivity contribution in [3.8, 4) is 0 Å². The van der Waals surface area contributed by atoms with E-state index in [-0.39, 0.29) is 0 Å². The molecule has 104 valence electrons. The van der Waals surface area contributed by atoms with Crippen LogP contribution < -0.4 is 5.32 Å². The molecule has 1 aromatic carbocycles. The van der Waals surface area contributed by atoms with Crippen molar-refractivity contribution in [1.29, 1.82) is 0 Å². The summed E-state index contributed by atoms with van der Waals surface area (Å²) in [6.45, 7) is 3.14. The highest BCUT2D eigenvalue weighted by atomic mass is 32.1. The third-order valence-corrected chi connectivity index (χ3v) is 4.26. The van der Waals surface area contributed by atoms with E-state index in [0.717, 1.165) is 24.3 Å². The molecule has 0 bridgehead atoms. The Morgan fingerprint density at radius 2 is 2.15 bits per heavy atom. The second-order valence-electron chi connectivity index (χ2n) is 4.88. The van der Waals surface area contributed by atoms with E-state index >= 15 is 0 Å². The Bertz CT molecular complexity index is 628. The molecule has 0 saturated carbocycles. The maximum atomic E-state index is 4.65. The number of aryl methyl sites for hydroxylation is 1. The molecule has 1 unspecified atom stereocenters. The smallest absolute Gasteiger partial charge is 0.193 e. The van der Waals surface area contributed by atoms with Crippen molar-refractivity contribution in [2.45, 2.75) is 25.8 Å². The average molecular weight is 285 g/mol. The van der Waals surface area contributed by atoms with Crippen LogP contribution in [0.5, 0.6) is 0 Å². The van der Waals surface area contributed by atoms with E-state index < -0.39 is 0 Å². The van der Waals surface area contributed by atoms with Crippen molar-refractivity contribution in [3.05, 3.63) is 59.4 Å². The monoisotopic (exact) mass is 285 g/mol. The summed E-state index contributed by atoms with van der Waals surface area (Å²) in [4.78, 5) is 5.74. The van der Waals surface area contributed by atoms with Gasteiger partial charge < -0.3 is 5.32 Å². The maximum Gasteiger partial charge on any atom is 0.193 e. The Balaban J connectivity index is 1.69. The van der Waals surface area contributed by atoms with E-state index in [1.165, 1.54) is 11.3 Å². The molecule has 0 aliphatic heterocycles. The molecular formula is C16H19N3S. The van der Waals surface area contributed by atoms with Gasteiger partial charge in [-0.1, -0.05) is 37.3 Å². The number of fused-ring (bicyclic) bond motifs is 1. The number of nitrogens with zero attached hydrogens (tertiary/aromatic N) is 2. The lowest BCUT2D eigenvalue weighted by Crippen LogP contribution is -2.21. The number of aromatic nitrogens is 2. The van der Waals surface area contributed by atoms with E-state index in [2.05, 4.69) is 69.7 Å². The van der Waals surface area contributed by atoms with Crippen LogP contribution in [-0.4, -0.2) is 15.9 Å². The van der Waals surface area contributed by atoms with Crippen LogP contribution in [0.1, 0.15) is 30.6 Å². The molecule has 0 spiro atoms.